The van der Waals surface area contributed by atoms with Crippen molar-refractivity contribution in [2.24, 2.45) is 0 Å². The SMILES string of the molecule is C=CC(=O)Oc1ccc2cc3ccccc3cc2c1OCCCC. The number of benzene rings is 3. The molecule has 122 valence electrons. The molecular weight excluding hydrogens is 300 g/mol. The molecule has 0 saturated carbocycles. The van der Waals surface area contributed by atoms with Gasteiger partial charge in [-0.15, -0.1) is 0 Å². The van der Waals surface area contributed by atoms with Gasteiger partial charge in [-0.25, -0.2) is 4.79 Å². The normalized spacial score (nSPS) is 10.7. The molecule has 3 aromatic carbocycles. The quantitative estimate of drug-likeness (QED) is 0.204. The van der Waals surface area contributed by atoms with Crippen molar-refractivity contribution in [3.8, 4) is 11.5 Å². The molecule has 0 bridgehead atoms. The molecule has 0 aliphatic rings. The summed E-state index contributed by atoms with van der Waals surface area (Å²) < 4.78 is 11.3. The van der Waals surface area contributed by atoms with Gasteiger partial charge in [0.15, 0.2) is 11.5 Å². The molecule has 0 aliphatic carbocycles. The Hall–Kier alpha value is -2.81. The van der Waals surface area contributed by atoms with Crippen LogP contribution in [0.2, 0.25) is 0 Å². The molecule has 3 rings (SSSR count). The second-order valence-electron chi connectivity index (χ2n) is 5.64. The Morgan fingerprint density at radius 1 is 1.08 bits per heavy atom. The molecule has 3 nitrogen and oxygen atoms in total. The number of ether oxygens (including phenoxy) is 2. The van der Waals surface area contributed by atoms with Crippen molar-refractivity contribution in [2.45, 2.75) is 19.8 Å². The number of fused-ring (bicyclic) bond motifs is 2. The lowest BCUT2D eigenvalue weighted by Crippen LogP contribution is -2.06. The van der Waals surface area contributed by atoms with E-state index in [1.807, 2.05) is 18.2 Å². The van der Waals surface area contributed by atoms with Crippen molar-refractivity contribution in [3.05, 3.63) is 61.2 Å². The Bertz CT molecular complexity index is 896. The molecule has 0 atom stereocenters. The molecule has 0 saturated heterocycles. The Morgan fingerprint density at radius 2 is 1.83 bits per heavy atom. The van der Waals surface area contributed by atoms with Gasteiger partial charge in [0.25, 0.3) is 0 Å². The molecule has 0 unspecified atom stereocenters. The molecule has 0 spiro atoms. The lowest BCUT2D eigenvalue weighted by molar-refractivity contribution is -0.129. The maximum absolute atomic E-state index is 11.6. The first kappa shape index (κ1) is 16.1. The van der Waals surface area contributed by atoms with Gasteiger partial charge in [0.1, 0.15) is 0 Å². The monoisotopic (exact) mass is 320 g/mol. The average molecular weight is 320 g/mol. The van der Waals surface area contributed by atoms with Crippen LogP contribution >= 0.6 is 0 Å². The predicted molar refractivity (Wildman–Crippen MR) is 97.7 cm³/mol. The molecule has 0 heterocycles. The second-order valence-corrected chi connectivity index (χ2v) is 5.64. The van der Waals surface area contributed by atoms with Gasteiger partial charge in [-0.05, 0) is 40.8 Å². The summed E-state index contributed by atoms with van der Waals surface area (Å²) >= 11 is 0. The van der Waals surface area contributed by atoms with Crippen LogP contribution in [0.3, 0.4) is 0 Å². The highest BCUT2D eigenvalue weighted by atomic mass is 16.6. The topological polar surface area (TPSA) is 35.5 Å². The fourth-order valence-electron chi connectivity index (χ4n) is 2.66. The molecule has 3 heteroatoms. The lowest BCUT2D eigenvalue weighted by Gasteiger charge is -2.14. The number of rotatable bonds is 6. The summed E-state index contributed by atoms with van der Waals surface area (Å²) in [6, 6.07) is 16.1. The van der Waals surface area contributed by atoms with Gasteiger partial charge in [0.05, 0.1) is 6.61 Å². The molecule has 3 aromatic rings. The highest BCUT2D eigenvalue weighted by Crippen LogP contribution is 2.38. The fourth-order valence-corrected chi connectivity index (χ4v) is 2.66. The average Bonchev–Trinajstić information content (AvgIpc) is 2.61. The van der Waals surface area contributed by atoms with Crippen molar-refractivity contribution in [2.75, 3.05) is 6.61 Å². The van der Waals surface area contributed by atoms with E-state index in [9.17, 15) is 4.79 Å². The zero-order valence-electron chi connectivity index (χ0n) is 13.7. The van der Waals surface area contributed by atoms with Crippen LogP contribution in [0.25, 0.3) is 21.5 Å². The summed E-state index contributed by atoms with van der Waals surface area (Å²) in [5.41, 5.74) is 0. The van der Waals surface area contributed by atoms with Crippen LogP contribution in [0.5, 0.6) is 11.5 Å². The Labute approximate surface area is 141 Å². The fraction of sp³-hybridized carbons (Fsp3) is 0.190. The number of unbranched alkanes of at least 4 members (excludes halogenated alkanes) is 1. The van der Waals surface area contributed by atoms with Crippen LogP contribution in [-0.4, -0.2) is 12.6 Å². The van der Waals surface area contributed by atoms with Crippen LogP contribution in [0.4, 0.5) is 0 Å². The van der Waals surface area contributed by atoms with E-state index in [1.54, 1.807) is 6.07 Å². The number of hydrogen-bond donors (Lipinski definition) is 0. The van der Waals surface area contributed by atoms with Crippen molar-refractivity contribution in [1.29, 1.82) is 0 Å². The smallest absolute Gasteiger partial charge is 0.335 e. The van der Waals surface area contributed by atoms with Gasteiger partial charge < -0.3 is 9.47 Å². The van der Waals surface area contributed by atoms with Crippen molar-refractivity contribution in [1.82, 2.24) is 0 Å². The van der Waals surface area contributed by atoms with E-state index < -0.39 is 5.97 Å². The molecule has 0 fully saturated rings. The molecule has 0 radical (unpaired) electrons. The van der Waals surface area contributed by atoms with Crippen LogP contribution in [-0.2, 0) is 4.79 Å². The third kappa shape index (κ3) is 3.25. The van der Waals surface area contributed by atoms with E-state index in [2.05, 4.69) is 37.8 Å². The summed E-state index contributed by atoms with van der Waals surface area (Å²) in [6.45, 7) is 6.14. The maximum Gasteiger partial charge on any atom is 0.335 e. The standard InChI is InChI=1S/C21H20O3/c1-3-5-12-23-21-18-14-16-9-7-6-8-15(16)13-17(18)10-11-19(21)24-20(22)4-2/h4,6-11,13-14H,2-3,5,12H2,1H3. The maximum atomic E-state index is 11.6. The summed E-state index contributed by atoms with van der Waals surface area (Å²) in [6.07, 6.45) is 3.13. The van der Waals surface area contributed by atoms with Crippen LogP contribution < -0.4 is 9.47 Å². The highest BCUT2D eigenvalue weighted by Gasteiger charge is 2.13. The van der Waals surface area contributed by atoms with Crippen molar-refractivity contribution >= 4 is 27.5 Å². The zero-order valence-corrected chi connectivity index (χ0v) is 13.7. The van der Waals surface area contributed by atoms with E-state index in [-0.39, 0.29) is 0 Å². The summed E-state index contributed by atoms with van der Waals surface area (Å²) in [4.78, 5) is 11.6. The minimum Gasteiger partial charge on any atom is -0.489 e. The molecular formula is C21H20O3. The van der Waals surface area contributed by atoms with E-state index in [1.165, 1.54) is 5.39 Å². The molecule has 0 N–H and O–H groups in total. The molecule has 0 aliphatic heterocycles. The second kappa shape index (κ2) is 7.18. The van der Waals surface area contributed by atoms with E-state index >= 15 is 0 Å². The third-order valence-electron chi connectivity index (χ3n) is 3.92. The van der Waals surface area contributed by atoms with Gasteiger partial charge >= 0.3 is 5.97 Å². The van der Waals surface area contributed by atoms with E-state index in [0.29, 0.717) is 18.1 Å². The molecule has 0 amide bonds. The van der Waals surface area contributed by atoms with Crippen LogP contribution in [0, 0.1) is 0 Å². The summed E-state index contributed by atoms with van der Waals surface area (Å²) in [5, 5.41) is 4.29. The Morgan fingerprint density at radius 3 is 2.54 bits per heavy atom. The number of carbonyl (C=O) groups is 1. The first-order valence-corrected chi connectivity index (χ1v) is 8.15. The van der Waals surface area contributed by atoms with Crippen LogP contribution in [0.15, 0.2) is 61.2 Å². The first-order chi connectivity index (χ1) is 11.7. The minimum atomic E-state index is -0.490. The van der Waals surface area contributed by atoms with Gasteiger partial charge in [-0.1, -0.05) is 50.3 Å². The van der Waals surface area contributed by atoms with Crippen molar-refractivity contribution in [3.63, 3.8) is 0 Å². The predicted octanol–water partition coefficient (Wildman–Crippen LogP) is 5.26. The number of esters is 1. The van der Waals surface area contributed by atoms with E-state index in [4.69, 9.17) is 9.47 Å². The molecule has 0 aromatic heterocycles. The lowest BCUT2D eigenvalue weighted by atomic mass is 10.0. The summed E-state index contributed by atoms with van der Waals surface area (Å²) in [7, 11) is 0. The van der Waals surface area contributed by atoms with Gasteiger partial charge in [-0.2, -0.15) is 0 Å². The number of carbonyl (C=O) groups excluding carboxylic acids is 1. The number of hydrogen-bond acceptors (Lipinski definition) is 3. The first-order valence-electron chi connectivity index (χ1n) is 8.15. The molecule has 24 heavy (non-hydrogen) atoms. The zero-order chi connectivity index (χ0) is 16.9. The van der Waals surface area contributed by atoms with Crippen LogP contribution in [0.1, 0.15) is 19.8 Å². The minimum absolute atomic E-state index is 0.429. The van der Waals surface area contributed by atoms with Gasteiger partial charge in [0.2, 0.25) is 0 Å². The summed E-state index contributed by atoms with van der Waals surface area (Å²) in [5.74, 6) is 0.552. The van der Waals surface area contributed by atoms with Gasteiger partial charge in [-0.3, -0.25) is 0 Å². The Kier molecular flexibility index (Phi) is 4.80. The highest BCUT2D eigenvalue weighted by molar-refractivity contribution is 6.02. The van der Waals surface area contributed by atoms with E-state index in [0.717, 1.165) is 35.1 Å². The van der Waals surface area contributed by atoms with Gasteiger partial charge in [0, 0.05) is 11.5 Å². The largest absolute Gasteiger partial charge is 0.489 e. The van der Waals surface area contributed by atoms with Crippen molar-refractivity contribution < 1.29 is 14.3 Å². The Balaban J connectivity index is 2.15. The third-order valence-corrected chi connectivity index (χ3v) is 3.92.